The number of hydrogen-bond acceptors (Lipinski definition) is 5. The number of anilines is 1. The van der Waals surface area contributed by atoms with Crippen LogP contribution in [0.4, 0.5) is 5.69 Å². The maximum atomic E-state index is 13.2. The van der Waals surface area contributed by atoms with Gasteiger partial charge in [-0.15, -0.1) is 0 Å². The van der Waals surface area contributed by atoms with E-state index in [4.69, 9.17) is 10.2 Å². The summed E-state index contributed by atoms with van der Waals surface area (Å²) in [5, 5.41) is 25.3. The molecule has 31 heavy (non-hydrogen) atoms. The van der Waals surface area contributed by atoms with Gasteiger partial charge in [-0.3, -0.25) is 19.6 Å². The lowest BCUT2D eigenvalue weighted by Gasteiger charge is -2.16. The highest BCUT2D eigenvalue weighted by molar-refractivity contribution is 6.06. The number of aryl methyl sites for hydroxylation is 1. The molecule has 4 rings (SSSR count). The molecule has 2 heterocycles. The minimum absolute atomic E-state index is 0.170. The van der Waals surface area contributed by atoms with Gasteiger partial charge in [0.1, 0.15) is 6.04 Å². The molecule has 1 aliphatic rings. The lowest BCUT2D eigenvalue weighted by Crippen LogP contribution is -2.39. The number of carboxylic acid groups (broad SMARTS) is 1. The van der Waals surface area contributed by atoms with Gasteiger partial charge >= 0.3 is 5.97 Å². The molecule has 0 saturated carbocycles. The second-order valence-electron chi connectivity index (χ2n) is 7.47. The number of hydrogen-bond donors (Lipinski definition) is 3. The van der Waals surface area contributed by atoms with Crippen LogP contribution < -0.4 is 10.2 Å². The summed E-state index contributed by atoms with van der Waals surface area (Å²) in [6.45, 7) is 0.226. The van der Waals surface area contributed by atoms with Gasteiger partial charge in [0, 0.05) is 25.8 Å². The van der Waals surface area contributed by atoms with Crippen LogP contribution in [-0.4, -0.2) is 51.1 Å². The van der Waals surface area contributed by atoms with E-state index in [0.717, 1.165) is 28.8 Å². The van der Waals surface area contributed by atoms with E-state index in [-0.39, 0.29) is 12.5 Å². The lowest BCUT2D eigenvalue weighted by molar-refractivity contribution is -0.140. The molecule has 160 valence electrons. The summed E-state index contributed by atoms with van der Waals surface area (Å²) >= 11 is 0. The number of aliphatic hydroxyl groups excluding tert-OH is 1. The summed E-state index contributed by atoms with van der Waals surface area (Å²) in [5.41, 5.74) is 5.24. The van der Waals surface area contributed by atoms with Gasteiger partial charge in [-0.1, -0.05) is 42.5 Å². The van der Waals surface area contributed by atoms with Crippen LogP contribution >= 0.6 is 0 Å². The maximum absolute atomic E-state index is 13.2. The summed E-state index contributed by atoms with van der Waals surface area (Å²) in [5.74, 6) is -1.33. The van der Waals surface area contributed by atoms with E-state index in [1.807, 2.05) is 30.3 Å². The summed E-state index contributed by atoms with van der Waals surface area (Å²) < 4.78 is 1.55. The van der Waals surface area contributed by atoms with Crippen molar-refractivity contribution in [1.82, 2.24) is 15.1 Å². The number of nitrogens with zero attached hydrogens (tertiary/aromatic N) is 3. The second kappa shape index (κ2) is 8.71. The lowest BCUT2D eigenvalue weighted by atomic mass is 9.98. The van der Waals surface area contributed by atoms with Crippen LogP contribution in [0.5, 0.6) is 0 Å². The van der Waals surface area contributed by atoms with Crippen molar-refractivity contribution < 1.29 is 19.8 Å². The fourth-order valence-electron chi connectivity index (χ4n) is 3.91. The molecular weight excluding hydrogens is 396 g/mol. The van der Waals surface area contributed by atoms with Crippen molar-refractivity contribution in [2.24, 2.45) is 7.05 Å². The van der Waals surface area contributed by atoms with Gasteiger partial charge in [-0.05, 0) is 35.2 Å². The van der Waals surface area contributed by atoms with Crippen LogP contribution in [0.2, 0.25) is 0 Å². The van der Waals surface area contributed by atoms with E-state index >= 15 is 0 Å². The number of carbonyl (C=O) groups is 2. The highest BCUT2D eigenvalue weighted by atomic mass is 16.4. The number of fused-ring (bicyclic) bond motifs is 1. The molecule has 0 saturated heterocycles. The molecule has 0 bridgehead atoms. The summed E-state index contributed by atoms with van der Waals surface area (Å²) in [6, 6.07) is 16.7. The zero-order valence-corrected chi connectivity index (χ0v) is 17.2. The topological polar surface area (TPSA) is 108 Å². The predicted octanol–water partition coefficient (Wildman–Crippen LogP) is 1.83. The molecular formula is C23H24N4O4. The number of benzene rings is 2. The minimum atomic E-state index is -1.14. The van der Waals surface area contributed by atoms with E-state index < -0.39 is 18.6 Å². The van der Waals surface area contributed by atoms with E-state index in [2.05, 4.69) is 28.6 Å². The number of amides is 1. The Labute approximate surface area is 179 Å². The van der Waals surface area contributed by atoms with Crippen molar-refractivity contribution in [3.63, 3.8) is 0 Å². The molecule has 3 N–H and O–H groups in total. The van der Waals surface area contributed by atoms with Crippen molar-refractivity contribution in [1.29, 1.82) is 0 Å². The number of aromatic nitrogens is 2. The number of aliphatic hydroxyl groups is 1. The number of carboxylic acids is 1. The van der Waals surface area contributed by atoms with Crippen LogP contribution in [0.3, 0.4) is 0 Å². The first kappa shape index (κ1) is 20.8. The zero-order chi connectivity index (χ0) is 22.0. The fraction of sp³-hybridized carbons (Fsp3) is 0.261. The normalized spacial score (nSPS) is 13.8. The molecule has 1 amide bonds. The predicted molar refractivity (Wildman–Crippen MR) is 116 cm³/mol. The monoisotopic (exact) mass is 420 g/mol. The molecule has 2 aromatic carbocycles. The molecule has 1 aromatic heterocycles. The Bertz CT molecular complexity index is 1110. The number of aliphatic carboxylic acids is 1. The highest BCUT2D eigenvalue weighted by Gasteiger charge is 2.29. The third-order valence-electron chi connectivity index (χ3n) is 5.56. The third kappa shape index (κ3) is 4.08. The Balaban J connectivity index is 1.56. The Morgan fingerprint density at radius 3 is 2.65 bits per heavy atom. The van der Waals surface area contributed by atoms with E-state index in [9.17, 15) is 9.59 Å². The smallest absolute Gasteiger partial charge is 0.323 e. The first-order valence-corrected chi connectivity index (χ1v) is 10.1. The Morgan fingerprint density at radius 1 is 1.16 bits per heavy atom. The van der Waals surface area contributed by atoms with Crippen molar-refractivity contribution in [2.45, 2.75) is 19.0 Å². The summed E-state index contributed by atoms with van der Waals surface area (Å²) in [6.07, 6.45) is 0.768. The number of carbonyl (C=O) groups excluding carboxylic acids is 1. The van der Waals surface area contributed by atoms with Gasteiger partial charge in [-0.2, -0.15) is 5.10 Å². The third-order valence-corrected chi connectivity index (χ3v) is 5.56. The molecule has 0 aliphatic carbocycles. The van der Waals surface area contributed by atoms with Crippen LogP contribution in [0, 0.1) is 0 Å². The quantitative estimate of drug-likeness (QED) is 0.538. The molecule has 8 heteroatoms. The largest absolute Gasteiger partial charge is 0.480 e. The summed E-state index contributed by atoms with van der Waals surface area (Å²) in [4.78, 5) is 26.0. The average molecular weight is 420 g/mol. The van der Waals surface area contributed by atoms with E-state index in [0.29, 0.717) is 17.9 Å². The van der Waals surface area contributed by atoms with Crippen molar-refractivity contribution in [3.05, 3.63) is 71.5 Å². The molecule has 0 fully saturated rings. The van der Waals surface area contributed by atoms with Crippen LogP contribution in [0.25, 0.3) is 11.1 Å². The minimum Gasteiger partial charge on any atom is -0.480 e. The van der Waals surface area contributed by atoms with Gasteiger partial charge in [-0.25, -0.2) is 0 Å². The number of nitrogens with one attached hydrogen (secondary N) is 1. The second-order valence-corrected chi connectivity index (χ2v) is 7.47. The van der Waals surface area contributed by atoms with Gasteiger partial charge in [0.25, 0.3) is 5.91 Å². The molecule has 3 aromatic rings. The maximum Gasteiger partial charge on any atom is 0.323 e. The summed E-state index contributed by atoms with van der Waals surface area (Å²) in [7, 11) is 1.70. The molecule has 0 unspecified atom stereocenters. The average Bonchev–Trinajstić information content (AvgIpc) is 3.37. The molecule has 0 spiro atoms. The molecule has 1 atom stereocenters. The highest BCUT2D eigenvalue weighted by Crippen LogP contribution is 2.36. The molecule has 8 nitrogen and oxygen atoms in total. The number of rotatable bonds is 7. The van der Waals surface area contributed by atoms with Gasteiger partial charge in [0.05, 0.1) is 12.3 Å². The van der Waals surface area contributed by atoms with Crippen LogP contribution in [0.15, 0.2) is 54.6 Å². The van der Waals surface area contributed by atoms with E-state index in [1.54, 1.807) is 22.7 Å². The molecule has 1 aliphatic heterocycles. The zero-order valence-electron chi connectivity index (χ0n) is 17.2. The Morgan fingerprint density at radius 2 is 1.94 bits per heavy atom. The van der Waals surface area contributed by atoms with E-state index in [1.165, 1.54) is 0 Å². The fourth-order valence-corrected chi connectivity index (χ4v) is 3.91. The van der Waals surface area contributed by atoms with Crippen molar-refractivity contribution >= 4 is 17.6 Å². The first-order chi connectivity index (χ1) is 15.0. The van der Waals surface area contributed by atoms with Crippen molar-refractivity contribution in [3.8, 4) is 11.1 Å². The Hall–Kier alpha value is -3.49. The van der Waals surface area contributed by atoms with Crippen molar-refractivity contribution in [2.75, 3.05) is 18.1 Å². The van der Waals surface area contributed by atoms with Crippen LogP contribution in [-0.2, 0) is 24.8 Å². The molecule has 0 radical (unpaired) electrons. The van der Waals surface area contributed by atoms with Gasteiger partial charge < -0.3 is 15.1 Å². The van der Waals surface area contributed by atoms with Gasteiger partial charge in [0.2, 0.25) is 0 Å². The van der Waals surface area contributed by atoms with Crippen LogP contribution in [0.1, 0.15) is 21.7 Å². The SMILES string of the molecule is Cn1nc(C(=O)N2CCc3c(-c4ccccc4)cccc32)cc1CN[C@@H](CO)C(=O)O. The standard InChI is InChI=1S/C23H24N4O4/c1-26-16(13-24-20(14-28)23(30)31)12-19(25-26)22(29)27-11-10-18-17(8-5-9-21(18)27)15-6-3-2-4-7-15/h2-9,12,20,24,28H,10-11,13-14H2,1H3,(H,30,31)/t20-/m0/s1. The Kier molecular flexibility index (Phi) is 5.83. The van der Waals surface area contributed by atoms with Gasteiger partial charge in [0.15, 0.2) is 5.69 Å². The first-order valence-electron chi connectivity index (χ1n) is 10.1.